The predicted molar refractivity (Wildman–Crippen MR) is 196 cm³/mol. The Morgan fingerprint density at radius 1 is 0.796 bits per heavy atom. The van der Waals surface area contributed by atoms with E-state index in [2.05, 4.69) is 66.8 Å². The lowest BCUT2D eigenvalue weighted by Crippen LogP contribution is -2.60. The first-order valence-corrected chi connectivity index (χ1v) is 20.1. The monoisotopic (exact) mass is 704 g/mol. The molecule has 0 saturated heterocycles. The maximum atomic E-state index is 12.7. The van der Waals surface area contributed by atoms with E-state index in [4.69, 9.17) is 10.8 Å². The average molecular weight is 705 g/mol. The third-order valence-electron chi connectivity index (χ3n) is 13.8. The number of thiazole rings is 2. The first-order valence-electron chi connectivity index (χ1n) is 18.5. The molecule has 8 saturated carbocycles. The Balaban J connectivity index is 0.000000118. The number of nitrogens with two attached hydrogens (primary N) is 1. The average Bonchev–Trinajstić information content (AvgIpc) is 3.92. The Hall–Kier alpha value is -2.76. The van der Waals surface area contributed by atoms with Gasteiger partial charge in [0.1, 0.15) is 22.7 Å². The zero-order valence-electron chi connectivity index (χ0n) is 29.6. The lowest BCUT2D eigenvalue weighted by Gasteiger charge is -2.62. The summed E-state index contributed by atoms with van der Waals surface area (Å²) in [5.41, 5.74) is 9.57. The summed E-state index contributed by atoms with van der Waals surface area (Å²) < 4.78 is 2.06. The van der Waals surface area contributed by atoms with E-state index in [1.165, 1.54) is 50.0 Å². The summed E-state index contributed by atoms with van der Waals surface area (Å²) in [6.07, 6.45) is 10.2. The van der Waals surface area contributed by atoms with E-state index in [1.807, 2.05) is 6.07 Å². The summed E-state index contributed by atoms with van der Waals surface area (Å²) in [5.74, 6) is 5.08. The highest BCUT2D eigenvalue weighted by Crippen LogP contribution is 2.62. The molecule has 11 heteroatoms. The second-order valence-electron chi connectivity index (χ2n) is 17.4. The molecule has 9 nitrogen and oxygen atoms in total. The van der Waals surface area contributed by atoms with Gasteiger partial charge in [-0.3, -0.25) is 4.79 Å². The number of carbonyl (C=O) groups excluding carboxylic acids is 1. The molecule has 4 aromatic heterocycles. The van der Waals surface area contributed by atoms with Crippen LogP contribution in [0.15, 0.2) is 12.1 Å². The number of carboxylic acid groups (broad SMARTS) is 1. The van der Waals surface area contributed by atoms with Crippen molar-refractivity contribution in [3.8, 4) is 0 Å². The van der Waals surface area contributed by atoms with Gasteiger partial charge in [0.25, 0.3) is 5.91 Å². The number of hydrogen-bond acceptors (Lipinski definition) is 7. The number of nitrogens with one attached hydrogen (secondary N) is 3. The van der Waals surface area contributed by atoms with Crippen LogP contribution in [-0.2, 0) is 0 Å². The van der Waals surface area contributed by atoms with Crippen LogP contribution in [0, 0.1) is 46.3 Å². The van der Waals surface area contributed by atoms with Gasteiger partial charge in [-0.2, -0.15) is 0 Å². The molecule has 8 aliphatic rings. The molecule has 6 N–H and O–H groups in total. The Morgan fingerprint density at radius 2 is 1.29 bits per heavy atom. The fraction of sp³-hybridized carbons (Fsp3) is 0.684. The number of aromatic carboxylic acids is 1. The fourth-order valence-electron chi connectivity index (χ4n) is 9.69. The second kappa shape index (κ2) is 11.9. The molecular weight excluding hydrogens is 653 g/mol. The van der Waals surface area contributed by atoms with Crippen LogP contribution in [0.5, 0.6) is 0 Å². The molecule has 8 aliphatic carbocycles. The Kier molecular flexibility index (Phi) is 8.11. The van der Waals surface area contributed by atoms with Crippen molar-refractivity contribution in [3.05, 3.63) is 33.5 Å². The summed E-state index contributed by atoms with van der Waals surface area (Å²) in [7, 11) is 0. The van der Waals surface area contributed by atoms with Gasteiger partial charge in [-0.1, -0.05) is 41.5 Å². The fourth-order valence-corrected chi connectivity index (χ4v) is 12.0. The zero-order valence-corrected chi connectivity index (χ0v) is 31.3. The van der Waals surface area contributed by atoms with Crippen LogP contribution in [0.25, 0.3) is 20.7 Å². The molecule has 4 bridgehead atoms. The summed E-state index contributed by atoms with van der Waals surface area (Å²) in [6, 6.07) is 4.44. The minimum Gasteiger partial charge on any atom is -0.477 e. The van der Waals surface area contributed by atoms with Crippen LogP contribution in [0.2, 0.25) is 0 Å². The lowest BCUT2D eigenvalue weighted by atomic mass is 9.45. The number of amides is 1. The molecule has 0 aliphatic heterocycles. The smallest absolute Gasteiger partial charge is 0.352 e. The van der Waals surface area contributed by atoms with Gasteiger partial charge in [0.05, 0.1) is 19.4 Å². The van der Waals surface area contributed by atoms with Gasteiger partial charge >= 0.3 is 5.97 Å². The van der Waals surface area contributed by atoms with E-state index >= 15 is 0 Å². The maximum absolute atomic E-state index is 12.7. The number of nitrogens with zero attached hydrogens (tertiary/aromatic N) is 2. The maximum Gasteiger partial charge on any atom is 0.352 e. The van der Waals surface area contributed by atoms with Crippen molar-refractivity contribution >= 4 is 55.2 Å². The van der Waals surface area contributed by atoms with Crippen LogP contribution in [0.3, 0.4) is 0 Å². The highest BCUT2D eigenvalue weighted by atomic mass is 32.1. The van der Waals surface area contributed by atoms with Gasteiger partial charge < -0.3 is 26.1 Å². The first-order chi connectivity index (χ1) is 23.2. The van der Waals surface area contributed by atoms with Crippen LogP contribution in [0.4, 0.5) is 0 Å². The Bertz CT molecular complexity index is 1830. The molecule has 0 unspecified atom stereocenters. The summed E-state index contributed by atoms with van der Waals surface area (Å²) in [4.78, 5) is 38.4. The molecule has 0 spiro atoms. The minimum atomic E-state index is -0.928. The topological polar surface area (TPSA) is 150 Å². The Morgan fingerprint density at radius 3 is 1.71 bits per heavy atom. The van der Waals surface area contributed by atoms with Gasteiger partial charge in [0.2, 0.25) is 0 Å². The van der Waals surface area contributed by atoms with Crippen LogP contribution in [-0.4, -0.2) is 49.0 Å². The van der Waals surface area contributed by atoms with Gasteiger partial charge in [0.15, 0.2) is 0 Å². The molecule has 8 atom stereocenters. The summed E-state index contributed by atoms with van der Waals surface area (Å²) >= 11 is 3.34. The van der Waals surface area contributed by atoms with Crippen molar-refractivity contribution in [1.82, 2.24) is 25.3 Å². The third-order valence-corrected chi connectivity index (χ3v) is 16.1. The van der Waals surface area contributed by atoms with E-state index in [1.54, 1.807) is 28.7 Å². The quantitative estimate of drug-likeness (QED) is 0.141. The molecule has 4 heterocycles. The standard InChI is InChI=1S/C19H25N3OS.C10H19N.C9H8N2O2S/c1-9-12-6-11(19(12,2)3)7-13(9)21-17(23)14-8-15-16(20-14)22-18(24-15)10-4-5-10;1-6-8-4-7(5-9(6)11)10(8,2)3;12-9(13)5-3-6-7(10-5)11-8(14-6)4-1-2-4/h8-13,20H,4-7H2,1-3H3,(H,21,23);6-9H,4-5,11H2,1-3H3;3-4,10H,1-2H2,(H,12,13)/t9-,11+,12-,13-;6-,7+,8-,9-;/m00./s1. The molecular formula is C38H52N6O3S2. The number of aromatic amines is 2. The van der Waals surface area contributed by atoms with Crippen molar-refractivity contribution in [3.63, 3.8) is 0 Å². The molecule has 264 valence electrons. The number of H-pyrrole nitrogens is 2. The molecule has 0 radical (unpaired) electrons. The van der Waals surface area contributed by atoms with Crippen molar-refractivity contribution < 1.29 is 14.7 Å². The lowest BCUT2D eigenvalue weighted by molar-refractivity contribution is -0.113. The van der Waals surface area contributed by atoms with E-state index in [0.29, 0.717) is 52.0 Å². The number of carboxylic acids is 1. The molecule has 8 fully saturated rings. The normalized spacial score (nSPS) is 33.4. The molecule has 4 aromatic rings. The van der Waals surface area contributed by atoms with Gasteiger partial charge in [-0.25, -0.2) is 14.8 Å². The summed E-state index contributed by atoms with van der Waals surface area (Å²) in [5, 5.41) is 14.4. The highest BCUT2D eigenvalue weighted by molar-refractivity contribution is 7.19. The van der Waals surface area contributed by atoms with Crippen LogP contribution < -0.4 is 11.1 Å². The van der Waals surface area contributed by atoms with E-state index < -0.39 is 5.97 Å². The SMILES string of the molecule is C[C@@H]1[C@@H](N)C[C@H]2C[C@@H]1C2(C)C.C[C@@H]1[C@@H](NC(=O)c2cc3sc(C4CC4)nc3[nH]2)C[C@H]2C[C@@H]1C2(C)C.O=C(O)c1cc2sc(C3CC3)nc2[nH]1. The number of aromatic nitrogens is 4. The van der Waals surface area contributed by atoms with Gasteiger partial charge in [-0.05, 0) is 110 Å². The van der Waals surface area contributed by atoms with E-state index in [0.717, 1.165) is 56.1 Å². The largest absolute Gasteiger partial charge is 0.477 e. The molecule has 12 rings (SSSR count). The van der Waals surface area contributed by atoms with Crippen molar-refractivity contribution in [2.75, 3.05) is 0 Å². The molecule has 49 heavy (non-hydrogen) atoms. The third kappa shape index (κ3) is 5.95. The van der Waals surface area contributed by atoms with Crippen LogP contribution in [0.1, 0.15) is 136 Å². The number of hydrogen-bond donors (Lipinski definition) is 5. The number of carbonyl (C=O) groups is 2. The van der Waals surface area contributed by atoms with Crippen molar-refractivity contribution in [2.24, 2.45) is 52.1 Å². The van der Waals surface area contributed by atoms with Gasteiger partial charge in [-0.15, -0.1) is 22.7 Å². The van der Waals surface area contributed by atoms with E-state index in [-0.39, 0.29) is 11.6 Å². The number of rotatable bonds is 5. The van der Waals surface area contributed by atoms with Crippen molar-refractivity contribution in [2.45, 2.75) is 117 Å². The molecule has 1 amide bonds. The van der Waals surface area contributed by atoms with Crippen molar-refractivity contribution in [1.29, 1.82) is 0 Å². The highest BCUT2D eigenvalue weighted by Gasteiger charge is 2.57. The van der Waals surface area contributed by atoms with Crippen LogP contribution >= 0.6 is 22.7 Å². The van der Waals surface area contributed by atoms with E-state index in [9.17, 15) is 9.59 Å². The predicted octanol–water partition coefficient (Wildman–Crippen LogP) is 8.52. The van der Waals surface area contributed by atoms with Gasteiger partial charge in [0, 0.05) is 23.9 Å². The zero-order chi connectivity index (χ0) is 34.6. The minimum absolute atomic E-state index is 0.0316. The molecule has 0 aromatic carbocycles. The number of fused-ring (bicyclic) bond motifs is 6. The summed E-state index contributed by atoms with van der Waals surface area (Å²) in [6.45, 7) is 14.2. The Labute approximate surface area is 296 Å². The second-order valence-corrected chi connectivity index (χ2v) is 19.5. The first kappa shape index (κ1) is 33.4.